The summed E-state index contributed by atoms with van der Waals surface area (Å²) < 4.78 is 0.922. The van der Waals surface area contributed by atoms with Gasteiger partial charge in [0.15, 0.2) is 11.5 Å². The number of amides is 2. The van der Waals surface area contributed by atoms with Crippen LogP contribution < -0.4 is 10.6 Å². The van der Waals surface area contributed by atoms with E-state index in [4.69, 9.17) is 0 Å². The van der Waals surface area contributed by atoms with Crippen LogP contribution in [0.2, 0.25) is 0 Å². The molecule has 31 heavy (non-hydrogen) atoms. The molecule has 1 unspecified atom stereocenters. The number of nitrogens with one attached hydrogen (secondary N) is 3. The maximum Gasteiger partial charge on any atom is 0.276 e. The summed E-state index contributed by atoms with van der Waals surface area (Å²) in [5.41, 5.74) is 1.04. The van der Waals surface area contributed by atoms with E-state index in [0.29, 0.717) is 6.42 Å². The van der Waals surface area contributed by atoms with Gasteiger partial charge in [0.1, 0.15) is 17.9 Å². The number of aliphatic hydroxyl groups is 1. The number of fused-ring (bicyclic) bond motifs is 5. The number of aliphatic hydroxyl groups excluding tert-OH is 1. The maximum absolute atomic E-state index is 13.6. The molecule has 0 radical (unpaired) electrons. The summed E-state index contributed by atoms with van der Waals surface area (Å²) in [4.78, 5) is 34.9. The predicted molar refractivity (Wildman–Crippen MR) is 119 cm³/mol. The fourth-order valence-electron chi connectivity index (χ4n) is 5.23. The van der Waals surface area contributed by atoms with Crippen molar-refractivity contribution >= 4 is 39.2 Å². The summed E-state index contributed by atoms with van der Waals surface area (Å²) in [6.45, 7) is 8.20. The topological polar surface area (TPSA) is 110 Å². The lowest BCUT2D eigenvalue weighted by Gasteiger charge is -2.43. The molecule has 2 fully saturated rings. The van der Waals surface area contributed by atoms with Gasteiger partial charge in [-0.1, -0.05) is 35.9 Å². The monoisotopic (exact) mass is 483 g/mol. The number of H-pyrrole nitrogens is 1. The molecule has 1 aromatic carbocycles. The van der Waals surface area contributed by atoms with Crippen LogP contribution in [-0.4, -0.2) is 44.0 Å². The SMILES string of the molecule is C=CC(C)(C)[C@@]12C[C@H]3C(=O)N/C(=C(\O)c4cnc[nH]4)C(=O)N3C1Nc1ccc(Br)cc12. The average molecular weight is 484 g/mol. The Kier molecular flexibility index (Phi) is 4.14. The van der Waals surface area contributed by atoms with E-state index in [-0.39, 0.29) is 23.1 Å². The summed E-state index contributed by atoms with van der Waals surface area (Å²) in [5.74, 6) is -1.11. The van der Waals surface area contributed by atoms with Crippen molar-refractivity contribution in [3.05, 3.63) is 64.8 Å². The number of carbonyl (C=O) groups is 2. The normalized spacial score (nSPS) is 28.4. The first-order valence-corrected chi connectivity index (χ1v) is 10.8. The molecular weight excluding hydrogens is 462 g/mol. The lowest BCUT2D eigenvalue weighted by molar-refractivity contribution is -0.141. The second-order valence-corrected chi connectivity index (χ2v) is 9.66. The van der Waals surface area contributed by atoms with E-state index in [1.165, 1.54) is 12.5 Å². The van der Waals surface area contributed by atoms with E-state index in [1.54, 1.807) is 4.90 Å². The van der Waals surface area contributed by atoms with Crippen molar-refractivity contribution in [1.29, 1.82) is 0 Å². The Morgan fingerprint density at radius 1 is 1.42 bits per heavy atom. The van der Waals surface area contributed by atoms with Crippen molar-refractivity contribution in [1.82, 2.24) is 20.2 Å². The van der Waals surface area contributed by atoms with Crippen LogP contribution in [0.3, 0.4) is 0 Å². The van der Waals surface area contributed by atoms with E-state index in [2.05, 4.69) is 57.0 Å². The van der Waals surface area contributed by atoms with Crippen LogP contribution >= 0.6 is 15.9 Å². The summed E-state index contributed by atoms with van der Waals surface area (Å²) >= 11 is 3.56. The first-order chi connectivity index (χ1) is 14.7. The Labute approximate surface area is 187 Å². The molecule has 1 aromatic heterocycles. The van der Waals surface area contributed by atoms with Crippen LogP contribution in [0.1, 0.15) is 31.5 Å². The van der Waals surface area contributed by atoms with Gasteiger partial charge >= 0.3 is 0 Å². The van der Waals surface area contributed by atoms with Gasteiger partial charge in [-0.3, -0.25) is 9.59 Å². The number of aromatic amines is 1. The fraction of sp³-hybridized carbons (Fsp3) is 0.318. The van der Waals surface area contributed by atoms with Crippen LogP contribution in [-0.2, 0) is 15.0 Å². The van der Waals surface area contributed by atoms with Crippen LogP contribution in [0.25, 0.3) is 5.76 Å². The third kappa shape index (κ3) is 2.49. The molecule has 0 aliphatic carbocycles. The molecular formula is C22H22BrN5O3. The fourth-order valence-corrected chi connectivity index (χ4v) is 5.59. The Morgan fingerprint density at radius 3 is 2.87 bits per heavy atom. The molecule has 5 rings (SSSR count). The van der Waals surface area contributed by atoms with Gasteiger partial charge in [-0.25, -0.2) is 4.98 Å². The molecule has 9 heteroatoms. The summed E-state index contributed by atoms with van der Waals surface area (Å²) in [5, 5.41) is 16.8. The molecule has 3 aliphatic heterocycles. The minimum absolute atomic E-state index is 0.156. The highest BCUT2D eigenvalue weighted by molar-refractivity contribution is 9.10. The first kappa shape index (κ1) is 19.9. The van der Waals surface area contributed by atoms with Crippen LogP contribution in [0, 0.1) is 5.41 Å². The van der Waals surface area contributed by atoms with Gasteiger partial charge in [0.25, 0.3) is 5.91 Å². The number of piperazine rings is 1. The third-order valence-corrected chi connectivity index (χ3v) is 7.49. The van der Waals surface area contributed by atoms with Crippen molar-refractivity contribution in [3.63, 3.8) is 0 Å². The number of anilines is 1. The van der Waals surface area contributed by atoms with Crippen molar-refractivity contribution in [3.8, 4) is 0 Å². The van der Waals surface area contributed by atoms with Crippen molar-refractivity contribution in [2.75, 3.05) is 5.32 Å². The summed E-state index contributed by atoms with van der Waals surface area (Å²) in [6, 6.07) is 5.29. The zero-order valence-electron chi connectivity index (χ0n) is 17.1. The number of allylic oxidation sites excluding steroid dienone is 1. The summed E-state index contributed by atoms with van der Waals surface area (Å²) in [6.07, 6.45) is 4.63. The number of hydrogen-bond donors (Lipinski definition) is 4. The highest BCUT2D eigenvalue weighted by Gasteiger charge is 2.67. The maximum atomic E-state index is 13.6. The van der Waals surface area contributed by atoms with Crippen molar-refractivity contribution in [2.24, 2.45) is 5.41 Å². The molecule has 160 valence electrons. The van der Waals surface area contributed by atoms with Gasteiger partial charge in [-0.15, -0.1) is 6.58 Å². The number of aromatic nitrogens is 2. The molecule has 4 heterocycles. The quantitative estimate of drug-likeness (QED) is 0.304. The predicted octanol–water partition coefficient (Wildman–Crippen LogP) is 3.03. The number of rotatable bonds is 3. The second-order valence-electron chi connectivity index (χ2n) is 8.74. The molecule has 2 amide bonds. The van der Waals surface area contributed by atoms with Crippen molar-refractivity contribution in [2.45, 2.75) is 37.9 Å². The number of hydrogen-bond acceptors (Lipinski definition) is 5. The van der Waals surface area contributed by atoms with Gasteiger partial charge in [0, 0.05) is 15.6 Å². The lowest BCUT2D eigenvalue weighted by Crippen LogP contribution is -2.59. The Morgan fingerprint density at radius 2 is 2.19 bits per heavy atom. The van der Waals surface area contributed by atoms with Gasteiger partial charge in [0.05, 0.1) is 12.5 Å². The third-order valence-electron chi connectivity index (χ3n) is 7.00. The van der Waals surface area contributed by atoms with Gasteiger partial charge in [-0.2, -0.15) is 0 Å². The second kappa shape index (κ2) is 6.46. The summed E-state index contributed by atoms with van der Waals surface area (Å²) in [7, 11) is 0. The zero-order chi connectivity index (χ0) is 22.1. The van der Waals surface area contributed by atoms with Gasteiger partial charge < -0.3 is 25.6 Å². The smallest absolute Gasteiger partial charge is 0.276 e. The van der Waals surface area contributed by atoms with E-state index in [0.717, 1.165) is 15.7 Å². The standard InChI is InChI=1S/C22H22BrN5O3/c1-4-21(2,3)22-8-15-18(30)27-16(17(29)14-9-24-10-25-14)19(31)28(15)20(22)26-13-6-5-11(23)7-12(13)22/h4-7,9-10,15,20,26,29H,1,8H2,2-3H3,(H,24,25)(H,27,30)/b17-16-/t15-,20?,22+/m0/s1. The van der Waals surface area contributed by atoms with Crippen molar-refractivity contribution < 1.29 is 14.7 Å². The van der Waals surface area contributed by atoms with Gasteiger partial charge in [-0.05, 0) is 35.6 Å². The van der Waals surface area contributed by atoms with E-state index in [9.17, 15) is 14.7 Å². The molecule has 3 atom stereocenters. The van der Waals surface area contributed by atoms with Crippen LogP contribution in [0.4, 0.5) is 5.69 Å². The van der Waals surface area contributed by atoms with Gasteiger partial charge in [0.2, 0.25) is 5.91 Å². The molecule has 0 bridgehead atoms. The minimum Gasteiger partial charge on any atom is -0.504 e. The Hall–Kier alpha value is -3.07. The van der Waals surface area contributed by atoms with E-state index >= 15 is 0 Å². The molecule has 4 N–H and O–H groups in total. The van der Waals surface area contributed by atoms with Crippen LogP contribution in [0.15, 0.2) is 53.5 Å². The lowest BCUT2D eigenvalue weighted by atomic mass is 9.60. The number of carbonyl (C=O) groups excluding carboxylic acids is 2. The van der Waals surface area contributed by atoms with Crippen LogP contribution in [0.5, 0.6) is 0 Å². The Balaban J connectivity index is 1.68. The van der Waals surface area contributed by atoms with E-state index < -0.39 is 28.9 Å². The average Bonchev–Trinajstić information content (AvgIpc) is 3.45. The number of halogens is 1. The minimum atomic E-state index is -0.672. The number of imidazole rings is 1. The van der Waals surface area contributed by atoms with E-state index in [1.807, 2.05) is 24.3 Å². The molecule has 0 saturated carbocycles. The largest absolute Gasteiger partial charge is 0.504 e. The molecule has 2 aromatic rings. The molecule has 0 spiro atoms. The molecule has 8 nitrogen and oxygen atoms in total. The number of nitrogens with zero attached hydrogens (tertiary/aromatic N) is 2. The number of benzene rings is 1. The molecule has 2 saturated heterocycles. The molecule has 3 aliphatic rings. The first-order valence-electron chi connectivity index (χ1n) is 9.97. The Bertz CT molecular complexity index is 1160. The highest BCUT2D eigenvalue weighted by Crippen LogP contribution is 2.60. The highest BCUT2D eigenvalue weighted by atomic mass is 79.9. The zero-order valence-corrected chi connectivity index (χ0v) is 18.7.